The molecular formula is C19H22O2. The first-order chi connectivity index (χ1) is 10.2. The van der Waals surface area contributed by atoms with E-state index in [1.807, 2.05) is 48.5 Å². The highest BCUT2D eigenvalue weighted by atomic mass is 16.3. The predicted molar refractivity (Wildman–Crippen MR) is 85.2 cm³/mol. The monoisotopic (exact) mass is 282 g/mol. The number of carbonyl (C=O) groups is 1. The summed E-state index contributed by atoms with van der Waals surface area (Å²) in [5.74, 6) is 0.194. The van der Waals surface area contributed by atoms with Crippen LogP contribution in [0.5, 0.6) is 0 Å². The van der Waals surface area contributed by atoms with Gasteiger partial charge in [-0.2, -0.15) is 0 Å². The molecule has 2 nitrogen and oxygen atoms in total. The van der Waals surface area contributed by atoms with E-state index in [4.69, 9.17) is 0 Å². The minimum Gasteiger partial charge on any atom is -0.393 e. The number of Topliss-reactive ketones (excluding diaryl/α,β-unsaturated/α-hetero) is 1. The molecule has 21 heavy (non-hydrogen) atoms. The van der Waals surface area contributed by atoms with Gasteiger partial charge in [0.05, 0.1) is 6.10 Å². The Morgan fingerprint density at radius 2 is 1.43 bits per heavy atom. The molecule has 0 aromatic heterocycles. The summed E-state index contributed by atoms with van der Waals surface area (Å²) in [7, 11) is 0. The second kappa shape index (κ2) is 8.38. The Morgan fingerprint density at radius 1 is 0.857 bits per heavy atom. The minimum atomic E-state index is -0.398. The largest absolute Gasteiger partial charge is 0.393 e. The first-order valence-corrected chi connectivity index (χ1v) is 7.51. The molecular weight excluding hydrogens is 260 g/mol. The maximum absolute atomic E-state index is 11.9. The highest BCUT2D eigenvalue weighted by Gasteiger charge is 2.09. The summed E-state index contributed by atoms with van der Waals surface area (Å²) >= 11 is 0. The zero-order valence-corrected chi connectivity index (χ0v) is 12.2. The standard InChI is InChI=1S/C19H22O2/c20-18(12-11-16-7-3-1-4-8-16)13-14-19(21)15-17-9-5-2-6-10-17/h1-10,18,20H,11-15H2. The Morgan fingerprint density at radius 3 is 2.05 bits per heavy atom. The van der Waals surface area contributed by atoms with Crippen LogP contribution in [-0.2, 0) is 17.6 Å². The van der Waals surface area contributed by atoms with E-state index >= 15 is 0 Å². The van der Waals surface area contributed by atoms with Crippen molar-refractivity contribution in [1.29, 1.82) is 0 Å². The number of hydrogen-bond donors (Lipinski definition) is 1. The molecule has 0 bridgehead atoms. The van der Waals surface area contributed by atoms with Crippen LogP contribution in [0.2, 0.25) is 0 Å². The molecule has 2 heteroatoms. The second-order valence-corrected chi connectivity index (χ2v) is 5.42. The summed E-state index contributed by atoms with van der Waals surface area (Å²) < 4.78 is 0. The van der Waals surface area contributed by atoms with E-state index in [1.165, 1.54) is 5.56 Å². The summed E-state index contributed by atoms with van der Waals surface area (Å²) in [6.45, 7) is 0. The lowest BCUT2D eigenvalue weighted by Gasteiger charge is -2.10. The summed E-state index contributed by atoms with van der Waals surface area (Å²) in [4.78, 5) is 11.9. The first kappa shape index (κ1) is 15.5. The van der Waals surface area contributed by atoms with E-state index in [0.29, 0.717) is 25.7 Å². The number of carbonyl (C=O) groups excluding carboxylic acids is 1. The van der Waals surface area contributed by atoms with E-state index in [-0.39, 0.29) is 5.78 Å². The molecule has 0 fully saturated rings. The summed E-state index contributed by atoms with van der Waals surface area (Å²) in [6, 6.07) is 19.9. The number of aliphatic hydroxyl groups is 1. The number of hydrogen-bond acceptors (Lipinski definition) is 2. The van der Waals surface area contributed by atoms with Crippen LogP contribution in [0.1, 0.15) is 30.4 Å². The van der Waals surface area contributed by atoms with Crippen molar-refractivity contribution in [3.05, 3.63) is 71.8 Å². The van der Waals surface area contributed by atoms with Gasteiger partial charge in [0, 0.05) is 12.8 Å². The van der Waals surface area contributed by atoms with Crippen LogP contribution in [0.25, 0.3) is 0 Å². The van der Waals surface area contributed by atoms with Crippen molar-refractivity contribution in [2.24, 2.45) is 0 Å². The second-order valence-electron chi connectivity index (χ2n) is 5.42. The van der Waals surface area contributed by atoms with Crippen LogP contribution in [0.15, 0.2) is 60.7 Å². The molecule has 0 aliphatic rings. The predicted octanol–water partition coefficient (Wildman–Crippen LogP) is 3.57. The highest BCUT2D eigenvalue weighted by Crippen LogP contribution is 2.10. The zero-order valence-electron chi connectivity index (χ0n) is 12.2. The third kappa shape index (κ3) is 5.92. The van der Waals surface area contributed by atoms with Gasteiger partial charge in [0.2, 0.25) is 0 Å². The van der Waals surface area contributed by atoms with E-state index in [9.17, 15) is 9.90 Å². The van der Waals surface area contributed by atoms with Gasteiger partial charge in [-0.3, -0.25) is 4.79 Å². The van der Waals surface area contributed by atoms with E-state index < -0.39 is 6.10 Å². The smallest absolute Gasteiger partial charge is 0.137 e. The van der Waals surface area contributed by atoms with Crippen molar-refractivity contribution in [2.75, 3.05) is 0 Å². The van der Waals surface area contributed by atoms with Gasteiger partial charge in [0.1, 0.15) is 5.78 Å². The molecule has 2 rings (SSSR count). The Bertz CT molecular complexity index is 534. The topological polar surface area (TPSA) is 37.3 Å². The molecule has 0 saturated heterocycles. The lowest BCUT2D eigenvalue weighted by atomic mass is 10.0. The van der Waals surface area contributed by atoms with Crippen molar-refractivity contribution < 1.29 is 9.90 Å². The highest BCUT2D eigenvalue weighted by molar-refractivity contribution is 5.80. The SMILES string of the molecule is O=C(CCC(O)CCc1ccccc1)Cc1ccccc1. The number of benzene rings is 2. The number of ketones is 1. The van der Waals surface area contributed by atoms with Crippen LogP contribution in [-0.4, -0.2) is 17.0 Å². The molecule has 2 aromatic carbocycles. The Kier molecular flexibility index (Phi) is 6.17. The van der Waals surface area contributed by atoms with Crippen molar-refractivity contribution >= 4 is 5.78 Å². The summed E-state index contributed by atoms with van der Waals surface area (Å²) in [6.07, 6.45) is 2.64. The fourth-order valence-electron chi connectivity index (χ4n) is 2.36. The normalized spacial score (nSPS) is 12.0. The first-order valence-electron chi connectivity index (χ1n) is 7.51. The molecule has 2 aromatic rings. The lowest BCUT2D eigenvalue weighted by Crippen LogP contribution is -2.12. The fraction of sp³-hybridized carbons (Fsp3) is 0.316. The lowest BCUT2D eigenvalue weighted by molar-refractivity contribution is -0.119. The Labute approximate surface area is 126 Å². The average Bonchev–Trinajstić information content (AvgIpc) is 2.53. The van der Waals surface area contributed by atoms with Gasteiger partial charge in [-0.25, -0.2) is 0 Å². The molecule has 0 heterocycles. The third-order valence-corrected chi connectivity index (χ3v) is 3.61. The van der Waals surface area contributed by atoms with Gasteiger partial charge in [-0.15, -0.1) is 0 Å². The molecule has 1 atom stereocenters. The van der Waals surface area contributed by atoms with Crippen molar-refractivity contribution in [1.82, 2.24) is 0 Å². The van der Waals surface area contributed by atoms with Crippen molar-refractivity contribution in [3.63, 3.8) is 0 Å². The number of aryl methyl sites for hydroxylation is 1. The quantitative estimate of drug-likeness (QED) is 0.803. The van der Waals surface area contributed by atoms with Crippen molar-refractivity contribution in [3.8, 4) is 0 Å². The molecule has 0 spiro atoms. The minimum absolute atomic E-state index is 0.194. The van der Waals surface area contributed by atoms with Gasteiger partial charge in [0.25, 0.3) is 0 Å². The van der Waals surface area contributed by atoms with E-state index in [1.54, 1.807) is 0 Å². The van der Waals surface area contributed by atoms with Gasteiger partial charge in [-0.1, -0.05) is 60.7 Å². The Hall–Kier alpha value is -1.93. The third-order valence-electron chi connectivity index (χ3n) is 3.61. The molecule has 1 N–H and O–H groups in total. The zero-order chi connectivity index (χ0) is 14.9. The van der Waals surface area contributed by atoms with Crippen LogP contribution in [0.4, 0.5) is 0 Å². The molecule has 110 valence electrons. The van der Waals surface area contributed by atoms with Gasteiger partial charge >= 0.3 is 0 Å². The van der Waals surface area contributed by atoms with Gasteiger partial charge in [0.15, 0.2) is 0 Å². The van der Waals surface area contributed by atoms with Crippen LogP contribution in [0, 0.1) is 0 Å². The molecule has 0 amide bonds. The molecule has 0 saturated carbocycles. The van der Waals surface area contributed by atoms with Gasteiger partial charge in [-0.05, 0) is 30.4 Å². The molecule has 0 aliphatic carbocycles. The van der Waals surface area contributed by atoms with Gasteiger partial charge < -0.3 is 5.11 Å². The van der Waals surface area contributed by atoms with Crippen LogP contribution < -0.4 is 0 Å². The Balaban J connectivity index is 1.66. The molecule has 0 aliphatic heterocycles. The van der Waals surface area contributed by atoms with E-state index in [2.05, 4.69) is 12.1 Å². The van der Waals surface area contributed by atoms with Crippen LogP contribution in [0.3, 0.4) is 0 Å². The number of rotatable bonds is 8. The summed E-state index contributed by atoms with van der Waals surface area (Å²) in [5, 5.41) is 9.97. The number of aliphatic hydroxyl groups excluding tert-OH is 1. The van der Waals surface area contributed by atoms with Crippen molar-refractivity contribution in [2.45, 2.75) is 38.2 Å². The molecule has 1 unspecified atom stereocenters. The maximum Gasteiger partial charge on any atom is 0.137 e. The van der Waals surface area contributed by atoms with Crippen LogP contribution >= 0.6 is 0 Å². The fourth-order valence-corrected chi connectivity index (χ4v) is 2.36. The van der Waals surface area contributed by atoms with E-state index in [0.717, 1.165) is 12.0 Å². The maximum atomic E-state index is 11.9. The molecule has 0 radical (unpaired) electrons. The average molecular weight is 282 g/mol. The summed E-state index contributed by atoms with van der Waals surface area (Å²) in [5.41, 5.74) is 2.27.